The van der Waals surface area contributed by atoms with E-state index in [4.69, 9.17) is 10.00 Å². The Hall–Kier alpha value is -3.66. The van der Waals surface area contributed by atoms with E-state index in [1.165, 1.54) is 23.2 Å². The van der Waals surface area contributed by atoms with Crippen LogP contribution in [-0.2, 0) is 15.3 Å². The van der Waals surface area contributed by atoms with Crippen molar-refractivity contribution >= 4 is 17.9 Å². The molecule has 34 heavy (non-hydrogen) atoms. The first-order valence-corrected chi connectivity index (χ1v) is 10.5. The predicted octanol–water partition coefficient (Wildman–Crippen LogP) is 2.52. The average molecular weight is 479 g/mol. The van der Waals surface area contributed by atoms with Gasteiger partial charge in [-0.1, -0.05) is 6.07 Å². The van der Waals surface area contributed by atoms with Crippen LogP contribution in [0.4, 0.5) is 17.6 Å². The summed E-state index contributed by atoms with van der Waals surface area (Å²) in [4.78, 5) is 21.3. The lowest BCUT2D eigenvalue weighted by molar-refractivity contribution is -0.135. The van der Waals surface area contributed by atoms with Gasteiger partial charge in [-0.05, 0) is 31.4 Å². The number of hydrogen-bond acceptors (Lipinski definition) is 7. The van der Waals surface area contributed by atoms with Crippen molar-refractivity contribution < 1.29 is 27.1 Å². The van der Waals surface area contributed by atoms with Crippen molar-refractivity contribution in [3.63, 3.8) is 0 Å². The van der Waals surface area contributed by atoms with Crippen molar-refractivity contribution in [1.82, 2.24) is 24.9 Å². The molecule has 0 aromatic carbocycles. The second-order valence-electron chi connectivity index (χ2n) is 7.76. The minimum absolute atomic E-state index is 0.0803. The van der Waals surface area contributed by atoms with Gasteiger partial charge in [0.1, 0.15) is 35.3 Å². The smallest absolute Gasteiger partial charge is 0.351 e. The number of aromatic nitrogens is 2. The number of amides is 1. The number of aliphatic imine (C=N–C) groups is 1. The molecule has 1 saturated heterocycles. The maximum atomic E-state index is 15.0. The Morgan fingerprint density at radius 3 is 2.91 bits per heavy atom. The number of nitrogens with zero attached hydrogens (tertiary/aromatic N) is 5. The van der Waals surface area contributed by atoms with Gasteiger partial charge in [-0.3, -0.25) is 9.20 Å². The number of nitriles is 1. The summed E-state index contributed by atoms with van der Waals surface area (Å²) in [5.41, 5.74) is -4.41. The third-order valence-electron chi connectivity index (χ3n) is 5.80. The molecule has 2 aliphatic rings. The van der Waals surface area contributed by atoms with Crippen LogP contribution in [-0.4, -0.2) is 52.5 Å². The molecule has 2 N–H and O–H groups in total. The number of pyridine rings is 1. The number of fused-ring (bicyclic) bond motifs is 1. The monoisotopic (exact) mass is 479 g/mol. The van der Waals surface area contributed by atoms with E-state index in [0.717, 1.165) is 17.8 Å². The first-order chi connectivity index (χ1) is 16.2. The van der Waals surface area contributed by atoms with Crippen LogP contribution in [0, 0.1) is 17.3 Å². The molecular formula is C21H21F4N7O2. The van der Waals surface area contributed by atoms with Crippen LogP contribution in [0.3, 0.4) is 0 Å². The normalized spacial score (nSPS) is 23.1. The van der Waals surface area contributed by atoms with Crippen molar-refractivity contribution in [3.8, 4) is 6.07 Å². The van der Waals surface area contributed by atoms with E-state index in [1.54, 1.807) is 12.1 Å². The van der Waals surface area contributed by atoms with Crippen molar-refractivity contribution in [1.29, 1.82) is 5.26 Å². The van der Waals surface area contributed by atoms with Gasteiger partial charge in [0.25, 0.3) is 0 Å². The third-order valence-corrected chi connectivity index (χ3v) is 5.80. The molecule has 9 nitrogen and oxygen atoms in total. The van der Waals surface area contributed by atoms with Crippen LogP contribution in [0.2, 0.25) is 0 Å². The van der Waals surface area contributed by atoms with Crippen molar-refractivity contribution in [2.24, 2.45) is 4.99 Å². The fraction of sp³-hybridized carbons (Fsp3) is 0.429. The van der Waals surface area contributed by atoms with Gasteiger partial charge in [0.2, 0.25) is 17.6 Å². The van der Waals surface area contributed by atoms with Crippen molar-refractivity contribution in [2.75, 3.05) is 13.7 Å². The first kappa shape index (κ1) is 23.5. The Morgan fingerprint density at radius 2 is 2.21 bits per heavy atom. The summed E-state index contributed by atoms with van der Waals surface area (Å²) in [6.45, 7) is 0.290. The Kier molecular flexibility index (Phi) is 6.18. The molecule has 13 heteroatoms. The predicted molar refractivity (Wildman–Crippen MR) is 111 cm³/mol. The van der Waals surface area contributed by atoms with Crippen molar-refractivity contribution in [2.45, 2.75) is 43.8 Å². The minimum Gasteiger partial charge on any atom is -0.351 e. The largest absolute Gasteiger partial charge is 0.421 e. The zero-order chi connectivity index (χ0) is 24.5. The molecule has 180 valence electrons. The van der Waals surface area contributed by atoms with Gasteiger partial charge < -0.3 is 20.3 Å². The Balaban J connectivity index is 1.86. The van der Waals surface area contributed by atoms with Gasteiger partial charge >= 0.3 is 6.18 Å². The number of likely N-dealkylation sites (tertiary alicyclic amines) is 1. The van der Waals surface area contributed by atoms with Crippen LogP contribution >= 0.6 is 0 Å². The van der Waals surface area contributed by atoms with E-state index in [-0.39, 0.29) is 12.2 Å². The molecule has 2 aromatic rings. The lowest BCUT2D eigenvalue weighted by Crippen LogP contribution is -2.55. The Morgan fingerprint density at radius 1 is 1.41 bits per heavy atom. The second kappa shape index (κ2) is 8.94. The first-order valence-electron chi connectivity index (χ1n) is 10.5. The zero-order valence-corrected chi connectivity index (χ0v) is 18.1. The quantitative estimate of drug-likeness (QED) is 0.639. The number of nitrogens with one attached hydrogen (secondary N) is 2. The van der Waals surface area contributed by atoms with E-state index in [9.17, 15) is 18.0 Å². The third kappa shape index (κ3) is 3.94. The molecule has 4 heterocycles. The number of carbonyl (C=O) groups is 1. The summed E-state index contributed by atoms with van der Waals surface area (Å²) in [5, 5.41) is 14.1. The lowest BCUT2D eigenvalue weighted by atomic mass is 9.96. The molecule has 2 aliphatic heterocycles. The number of imidazole rings is 1. The lowest BCUT2D eigenvalue weighted by Gasteiger charge is -2.40. The minimum atomic E-state index is -5.02. The summed E-state index contributed by atoms with van der Waals surface area (Å²) in [6, 6.07) is 6.29. The summed E-state index contributed by atoms with van der Waals surface area (Å²) in [6.07, 6.45) is -2.22. The van der Waals surface area contributed by atoms with Gasteiger partial charge in [-0.25, -0.2) is 4.99 Å². The number of hydrogen-bond donors (Lipinski definition) is 2. The molecular weight excluding hydrogens is 458 g/mol. The number of alkyl halides is 3. The highest BCUT2D eigenvalue weighted by molar-refractivity contribution is 5.78. The number of ether oxygens (including phenoxy) is 1. The molecule has 0 bridgehead atoms. The van der Waals surface area contributed by atoms with Gasteiger partial charge in [0.05, 0.1) is 12.4 Å². The molecule has 0 spiro atoms. The van der Waals surface area contributed by atoms with Crippen LogP contribution in [0.5, 0.6) is 0 Å². The zero-order valence-electron chi connectivity index (χ0n) is 18.1. The summed E-state index contributed by atoms with van der Waals surface area (Å²) >= 11 is 0. The van der Waals surface area contributed by atoms with E-state index < -0.39 is 53.4 Å². The number of halogens is 4. The van der Waals surface area contributed by atoms with Crippen LogP contribution < -0.4 is 10.6 Å². The number of piperidine rings is 1. The molecule has 1 amide bonds. The summed E-state index contributed by atoms with van der Waals surface area (Å²) in [5.74, 6) is -2.20. The van der Waals surface area contributed by atoms with E-state index in [0.29, 0.717) is 19.3 Å². The van der Waals surface area contributed by atoms with Gasteiger partial charge in [0, 0.05) is 19.9 Å². The number of methoxy groups -OCH3 is 1. The molecule has 0 radical (unpaired) electrons. The highest BCUT2D eigenvalue weighted by atomic mass is 19.4. The second-order valence-corrected chi connectivity index (χ2v) is 7.76. The standard InChI is InChI=1S/C21H21F4N7O2/c1-34-20(17-18(22)29-13-6-3-5-11-32(13)17)16(21(23,24)25)19(27-12-28-20)30-14-7-2-4-10-31(14)15(33)8-9-26/h3,5-6,11-12,14,30H,2,4,7-8,10H2,1H3,(H,27,28). The van der Waals surface area contributed by atoms with Gasteiger partial charge in [0.15, 0.2) is 0 Å². The van der Waals surface area contributed by atoms with Gasteiger partial charge in [-0.2, -0.15) is 27.8 Å². The average Bonchev–Trinajstić information content (AvgIpc) is 3.14. The highest BCUT2D eigenvalue weighted by Gasteiger charge is 2.57. The maximum Gasteiger partial charge on any atom is 0.421 e. The topological polar surface area (TPSA) is 107 Å². The molecule has 2 atom stereocenters. The molecule has 0 saturated carbocycles. The van der Waals surface area contributed by atoms with E-state index in [1.807, 2.05) is 0 Å². The molecule has 4 rings (SSSR count). The fourth-order valence-corrected chi connectivity index (χ4v) is 4.36. The SMILES string of the molecule is COC1(c2c(F)nc3ccccn23)N=CNC(NC2CCCCN2C(=O)CC#N)=C1C(F)(F)F. The van der Waals surface area contributed by atoms with Crippen LogP contribution in [0.25, 0.3) is 5.65 Å². The fourth-order valence-electron chi connectivity index (χ4n) is 4.36. The Labute approximate surface area is 191 Å². The molecule has 0 aliphatic carbocycles. The Bertz CT molecular complexity index is 1200. The summed E-state index contributed by atoms with van der Waals surface area (Å²) in [7, 11) is 0.997. The van der Waals surface area contributed by atoms with Crippen LogP contribution in [0.1, 0.15) is 31.4 Å². The van der Waals surface area contributed by atoms with Gasteiger partial charge in [-0.15, -0.1) is 0 Å². The maximum absolute atomic E-state index is 15.0. The number of carbonyl (C=O) groups excluding carboxylic acids is 1. The molecule has 2 aromatic heterocycles. The van der Waals surface area contributed by atoms with E-state index >= 15 is 4.39 Å². The molecule has 2 unspecified atom stereocenters. The number of rotatable bonds is 5. The van der Waals surface area contributed by atoms with Crippen LogP contribution in [0.15, 0.2) is 40.8 Å². The van der Waals surface area contributed by atoms with E-state index in [2.05, 4.69) is 20.6 Å². The van der Waals surface area contributed by atoms with Crippen molar-refractivity contribution in [3.05, 3.63) is 47.4 Å². The highest BCUT2D eigenvalue weighted by Crippen LogP contribution is 2.46. The summed E-state index contributed by atoms with van der Waals surface area (Å²) < 4.78 is 65.2. The molecule has 1 fully saturated rings.